The molecule has 1 aromatic rings. The average Bonchev–Trinajstić information content (AvgIpc) is 2.44. The molecule has 0 aliphatic rings. The zero-order valence-corrected chi connectivity index (χ0v) is 10.4. The van der Waals surface area contributed by atoms with Crippen LogP contribution in [0.15, 0.2) is 30.3 Å². The van der Waals surface area contributed by atoms with Gasteiger partial charge in [0.25, 0.3) is 0 Å². The van der Waals surface area contributed by atoms with E-state index in [1.165, 1.54) is 12.1 Å². The lowest BCUT2D eigenvalue weighted by molar-refractivity contribution is -0.346. The van der Waals surface area contributed by atoms with Crippen LogP contribution in [0.1, 0.15) is 0 Å². The number of benzene rings is 1. The van der Waals surface area contributed by atoms with Crippen LogP contribution >= 0.6 is 0 Å². The third kappa shape index (κ3) is 3.83. The average molecular weight is 309 g/mol. The molecule has 21 heavy (non-hydrogen) atoms. The molecule has 116 valence electrons. The van der Waals surface area contributed by atoms with Gasteiger partial charge in [-0.05, 0) is 12.1 Å². The van der Waals surface area contributed by atoms with E-state index in [1.54, 1.807) is 18.2 Å². The minimum atomic E-state index is -5.66. The van der Waals surface area contributed by atoms with E-state index < -0.39 is 30.4 Å². The lowest BCUT2D eigenvalue weighted by Crippen LogP contribution is -2.58. The predicted molar refractivity (Wildman–Crippen MR) is 57.8 cm³/mol. The summed E-state index contributed by atoms with van der Waals surface area (Å²) in [6.45, 7) is -1.13. The molecular formula is C12H9F4O5-. The molecule has 0 aliphatic heterocycles. The highest BCUT2D eigenvalue weighted by Crippen LogP contribution is 2.34. The number of carbonyl (C=O) groups is 2. The first-order chi connectivity index (χ1) is 9.69. The molecule has 0 saturated carbocycles. The number of carboxylic acid groups (broad SMARTS) is 1. The summed E-state index contributed by atoms with van der Waals surface area (Å²) in [5.74, 6) is -16.9. The SMILES string of the molecule is O=C([O-])C(F)(F)C(F)(F)C(=O)OCCOc1ccccc1. The number of halogens is 4. The zero-order chi connectivity index (χ0) is 16.1. The molecule has 0 amide bonds. The summed E-state index contributed by atoms with van der Waals surface area (Å²) >= 11 is 0. The zero-order valence-electron chi connectivity index (χ0n) is 10.4. The number of aliphatic carboxylic acids is 1. The molecule has 0 saturated heterocycles. The molecule has 0 N–H and O–H groups in total. The van der Waals surface area contributed by atoms with Crippen molar-refractivity contribution in [1.82, 2.24) is 0 Å². The van der Waals surface area contributed by atoms with Crippen LogP contribution in [-0.2, 0) is 14.3 Å². The molecule has 0 fully saturated rings. The topological polar surface area (TPSA) is 75.7 Å². The van der Waals surface area contributed by atoms with E-state index >= 15 is 0 Å². The quantitative estimate of drug-likeness (QED) is 0.419. The lowest BCUT2D eigenvalue weighted by atomic mass is 10.2. The molecule has 0 radical (unpaired) electrons. The van der Waals surface area contributed by atoms with Crippen LogP contribution in [0, 0.1) is 0 Å². The standard InChI is InChI=1S/C12H10F4O5/c13-11(14,9(17)18)12(15,16)10(19)21-7-6-20-8-4-2-1-3-5-8/h1-5H,6-7H2,(H,17,18)/p-1. The Bertz CT molecular complexity index is 504. The number of ether oxygens (including phenoxy) is 2. The van der Waals surface area contributed by atoms with Crippen molar-refractivity contribution in [1.29, 1.82) is 0 Å². The lowest BCUT2D eigenvalue weighted by Gasteiger charge is -2.25. The van der Waals surface area contributed by atoms with Crippen LogP contribution in [0.25, 0.3) is 0 Å². The van der Waals surface area contributed by atoms with Crippen molar-refractivity contribution < 1.29 is 41.7 Å². The summed E-state index contributed by atoms with van der Waals surface area (Å²) < 4.78 is 59.9. The number of para-hydroxylation sites is 1. The van der Waals surface area contributed by atoms with E-state index in [0.717, 1.165) is 0 Å². The minimum Gasteiger partial charge on any atom is -0.544 e. The van der Waals surface area contributed by atoms with Crippen molar-refractivity contribution in [3.8, 4) is 5.75 Å². The van der Waals surface area contributed by atoms with Crippen LogP contribution in [0.5, 0.6) is 5.75 Å². The van der Waals surface area contributed by atoms with Crippen LogP contribution in [0.3, 0.4) is 0 Å². The number of hydrogen-bond acceptors (Lipinski definition) is 5. The first kappa shape index (κ1) is 16.7. The third-order valence-electron chi connectivity index (χ3n) is 2.24. The van der Waals surface area contributed by atoms with Gasteiger partial charge in [0.05, 0.1) is 0 Å². The second-order valence-corrected chi connectivity index (χ2v) is 3.73. The van der Waals surface area contributed by atoms with Crippen LogP contribution < -0.4 is 9.84 Å². The molecule has 0 atom stereocenters. The number of hydrogen-bond donors (Lipinski definition) is 0. The van der Waals surface area contributed by atoms with Crippen molar-refractivity contribution in [2.24, 2.45) is 0 Å². The van der Waals surface area contributed by atoms with E-state index in [0.29, 0.717) is 5.75 Å². The van der Waals surface area contributed by atoms with Gasteiger partial charge in [0.15, 0.2) is 0 Å². The van der Waals surface area contributed by atoms with E-state index in [1.807, 2.05) is 0 Å². The molecular weight excluding hydrogens is 300 g/mol. The van der Waals surface area contributed by atoms with Crippen LogP contribution in [0.4, 0.5) is 17.6 Å². The Kier molecular flexibility index (Phi) is 5.12. The maximum absolute atomic E-state index is 12.9. The predicted octanol–water partition coefficient (Wildman–Crippen LogP) is 0.629. The van der Waals surface area contributed by atoms with Gasteiger partial charge in [-0.2, -0.15) is 17.6 Å². The Morgan fingerprint density at radius 3 is 2.10 bits per heavy atom. The molecule has 0 spiro atoms. The van der Waals surface area contributed by atoms with Gasteiger partial charge in [-0.3, -0.25) is 0 Å². The minimum absolute atomic E-state index is 0.348. The fourth-order valence-corrected chi connectivity index (χ4v) is 1.16. The largest absolute Gasteiger partial charge is 0.544 e. The highest BCUT2D eigenvalue weighted by atomic mass is 19.3. The Morgan fingerprint density at radius 1 is 1.00 bits per heavy atom. The molecule has 9 heteroatoms. The van der Waals surface area contributed by atoms with Crippen molar-refractivity contribution in [2.75, 3.05) is 13.2 Å². The van der Waals surface area contributed by atoms with Gasteiger partial charge in [-0.1, -0.05) is 18.2 Å². The van der Waals surface area contributed by atoms with Crippen LogP contribution in [0.2, 0.25) is 0 Å². The van der Waals surface area contributed by atoms with Gasteiger partial charge in [0, 0.05) is 0 Å². The van der Waals surface area contributed by atoms with Crippen molar-refractivity contribution in [3.05, 3.63) is 30.3 Å². The van der Waals surface area contributed by atoms with Gasteiger partial charge >= 0.3 is 17.8 Å². The second-order valence-electron chi connectivity index (χ2n) is 3.73. The van der Waals surface area contributed by atoms with Gasteiger partial charge in [-0.25, -0.2) is 4.79 Å². The summed E-state index contributed by atoms with van der Waals surface area (Å²) in [5.41, 5.74) is 0. The van der Waals surface area contributed by atoms with E-state index in [4.69, 9.17) is 4.74 Å². The van der Waals surface area contributed by atoms with Crippen molar-refractivity contribution >= 4 is 11.9 Å². The molecule has 0 aromatic heterocycles. The Labute approximate surface area is 116 Å². The Morgan fingerprint density at radius 2 is 1.57 bits per heavy atom. The smallest absolute Gasteiger partial charge is 0.410 e. The van der Waals surface area contributed by atoms with Crippen molar-refractivity contribution in [3.63, 3.8) is 0 Å². The number of esters is 1. The highest BCUT2D eigenvalue weighted by Gasteiger charge is 2.64. The number of carboxylic acids is 1. The Balaban J connectivity index is 2.48. The molecule has 0 aliphatic carbocycles. The van der Waals surface area contributed by atoms with Gasteiger partial charge in [0.1, 0.15) is 24.9 Å². The van der Waals surface area contributed by atoms with Crippen molar-refractivity contribution in [2.45, 2.75) is 11.8 Å². The maximum Gasteiger partial charge on any atom is 0.410 e. The summed E-state index contributed by atoms with van der Waals surface area (Å²) in [5, 5.41) is 9.91. The van der Waals surface area contributed by atoms with E-state index in [-0.39, 0.29) is 6.61 Å². The molecule has 0 unspecified atom stereocenters. The molecule has 1 rings (SSSR count). The second kappa shape index (κ2) is 6.42. The Hall–Kier alpha value is -2.32. The number of rotatable bonds is 7. The third-order valence-corrected chi connectivity index (χ3v) is 2.24. The number of alkyl halides is 4. The van der Waals surface area contributed by atoms with Gasteiger partial charge < -0.3 is 19.4 Å². The van der Waals surface area contributed by atoms with E-state index in [2.05, 4.69) is 4.74 Å². The molecule has 1 aromatic carbocycles. The van der Waals surface area contributed by atoms with Gasteiger partial charge in [0.2, 0.25) is 0 Å². The van der Waals surface area contributed by atoms with Gasteiger partial charge in [-0.15, -0.1) is 0 Å². The summed E-state index contributed by atoms with van der Waals surface area (Å²) in [6, 6.07) is 7.99. The normalized spacial score (nSPS) is 11.8. The first-order valence-corrected chi connectivity index (χ1v) is 5.51. The molecule has 0 bridgehead atoms. The fourth-order valence-electron chi connectivity index (χ4n) is 1.16. The maximum atomic E-state index is 12.9. The first-order valence-electron chi connectivity index (χ1n) is 5.51. The highest BCUT2D eigenvalue weighted by molar-refractivity contribution is 5.88. The fraction of sp³-hybridized carbons (Fsp3) is 0.333. The number of carbonyl (C=O) groups excluding carboxylic acids is 2. The monoisotopic (exact) mass is 309 g/mol. The molecule has 5 nitrogen and oxygen atoms in total. The molecule has 0 heterocycles. The summed E-state index contributed by atoms with van der Waals surface area (Å²) in [7, 11) is 0. The summed E-state index contributed by atoms with van der Waals surface area (Å²) in [6.07, 6.45) is 0. The van der Waals surface area contributed by atoms with E-state index in [9.17, 15) is 32.3 Å². The summed E-state index contributed by atoms with van der Waals surface area (Å²) in [4.78, 5) is 20.7. The van der Waals surface area contributed by atoms with Crippen LogP contribution in [-0.4, -0.2) is 37.0 Å².